The number of para-hydroxylation sites is 1. The summed E-state index contributed by atoms with van der Waals surface area (Å²) in [4.78, 5) is 5.08. The zero-order valence-corrected chi connectivity index (χ0v) is 12.1. The van der Waals surface area contributed by atoms with E-state index in [1.54, 1.807) is 0 Å². The van der Waals surface area contributed by atoms with Crippen molar-refractivity contribution >= 4 is 5.69 Å². The second-order valence-electron chi connectivity index (χ2n) is 5.85. The van der Waals surface area contributed by atoms with Crippen LogP contribution in [-0.4, -0.2) is 56.4 Å². The molecular weight excluding hydrogens is 250 g/mol. The third-order valence-corrected chi connectivity index (χ3v) is 4.88. The van der Waals surface area contributed by atoms with Gasteiger partial charge in [-0.1, -0.05) is 18.2 Å². The van der Waals surface area contributed by atoms with Crippen LogP contribution < -0.4 is 10.6 Å². The van der Waals surface area contributed by atoms with Crippen molar-refractivity contribution in [1.29, 1.82) is 0 Å². The molecule has 0 radical (unpaired) electrons. The number of hydrogen-bond donors (Lipinski definition) is 1. The van der Waals surface area contributed by atoms with Gasteiger partial charge in [0.25, 0.3) is 0 Å². The van der Waals surface area contributed by atoms with E-state index in [-0.39, 0.29) is 5.54 Å². The summed E-state index contributed by atoms with van der Waals surface area (Å²) in [5, 5.41) is 0. The number of anilines is 1. The number of rotatable bonds is 3. The van der Waals surface area contributed by atoms with Gasteiger partial charge in [-0.15, -0.1) is 0 Å². The summed E-state index contributed by atoms with van der Waals surface area (Å²) in [5.41, 5.74) is 7.62. The van der Waals surface area contributed by atoms with Crippen LogP contribution in [0, 0.1) is 0 Å². The van der Waals surface area contributed by atoms with E-state index in [1.807, 2.05) is 0 Å². The molecule has 4 heteroatoms. The Morgan fingerprint density at radius 2 is 1.65 bits per heavy atom. The quantitative estimate of drug-likeness (QED) is 0.903. The molecule has 2 heterocycles. The molecule has 1 aromatic rings. The van der Waals surface area contributed by atoms with Crippen molar-refractivity contribution in [2.75, 3.05) is 50.8 Å². The lowest BCUT2D eigenvalue weighted by Gasteiger charge is -2.49. The number of nitrogens with zero attached hydrogens (tertiary/aromatic N) is 2. The normalized spacial score (nSPS) is 23.8. The standard InChI is InChI=1S/C16H25N3O/c17-14-16(6-12-20-13-7-16)19-10-8-18(9-11-19)15-4-2-1-3-5-15/h1-5H,6-14,17H2. The van der Waals surface area contributed by atoms with Crippen molar-refractivity contribution in [1.82, 2.24) is 4.90 Å². The Bertz CT molecular complexity index is 409. The number of nitrogens with two attached hydrogens (primary N) is 1. The summed E-state index contributed by atoms with van der Waals surface area (Å²) in [7, 11) is 0. The molecule has 4 nitrogen and oxygen atoms in total. The molecule has 1 aromatic carbocycles. The van der Waals surface area contributed by atoms with E-state index < -0.39 is 0 Å². The summed E-state index contributed by atoms with van der Waals surface area (Å²) in [5.74, 6) is 0. The molecule has 20 heavy (non-hydrogen) atoms. The van der Waals surface area contributed by atoms with Crippen LogP contribution >= 0.6 is 0 Å². The maximum atomic E-state index is 6.10. The van der Waals surface area contributed by atoms with Gasteiger partial charge in [0.1, 0.15) is 0 Å². The molecule has 110 valence electrons. The first kappa shape index (κ1) is 13.9. The molecule has 0 atom stereocenters. The molecule has 0 aliphatic carbocycles. The molecule has 0 aromatic heterocycles. The van der Waals surface area contributed by atoms with Gasteiger partial charge in [0.2, 0.25) is 0 Å². The van der Waals surface area contributed by atoms with E-state index in [1.165, 1.54) is 5.69 Å². The summed E-state index contributed by atoms with van der Waals surface area (Å²) in [6.45, 7) is 6.85. The Kier molecular flexibility index (Phi) is 4.24. The van der Waals surface area contributed by atoms with Crippen LogP contribution in [0.5, 0.6) is 0 Å². The topological polar surface area (TPSA) is 41.7 Å². The van der Waals surface area contributed by atoms with Crippen molar-refractivity contribution in [3.8, 4) is 0 Å². The average molecular weight is 275 g/mol. The first-order chi connectivity index (χ1) is 9.84. The van der Waals surface area contributed by atoms with Crippen molar-refractivity contribution in [3.63, 3.8) is 0 Å². The van der Waals surface area contributed by atoms with Gasteiger partial charge >= 0.3 is 0 Å². The Hall–Kier alpha value is -1.10. The SMILES string of the molecule is NCC1(N2CCN(c3ccccc3)CC2)CCOCC1. The third kappa shape index (κ3) is 2.68. The van der Waals surface area contributed by atoms with Crippen LogP contribution in [0.2, 0.25) is 0 Å². The fourth-order valence-electron chi connectivity index (χ4n) is 3.48. The highest BCUT2D eigenvalue weighted by Crippen LogP contribution is 2.29. The summed E-state index contributed by atoms with van der Waals surface area (Å²) in [6, 6.07) is 10.7. The highest BCUT2D eigenvalue weighted by Gasteiger charge is 2.38. The molecule has 2 aliphatic heterocycles. The fraction of sp³-hybridized carbons (Fsp3) is 0.625. The van der Waals surface area contributed by atoms with Crippen molar-refractivity contribution in [2.24, 2.45) is 5.73 Å². The molecular formula is C16H25N3O. The highest BCUT2D eigenvalue weighted by molar-refractivity contribution is 5.46. The molecule has 2 aliphatic rings. The predicted molar refractivity (Wildman–Crippen MR) is 82.1 cm³/mol. The largest absolute Gasteiger partial charge is 0.381 e. The second kappa shape index (κ2) is 6.12. The molecule has 0 unspecified atom stereocenters. The van der Waals surface area contributed by atoms with E-state index in [0.29, 0.717) is 0 Å². The number of benzene rings is 1. The summed E-state index contributed by atoms with van der Waals surface area (Å²) in [6.07, 6.45) is 2.16. The minimum atomic E-state index is 0.182. The van der Waals surface area contributed by atoms with Gasteiger partial charge < -0.3 is 15.4 Å². The zero-order valence-electron chi connectivity index (χ0n) is 12.1. The van der Waals surface area contributed by atoms with Crippen LogP contribution in [0.1, 0.15) is 12.8 Å². The van der Waals surface area contributed by atoms with Crippen molar-refractivity contribution < 1.29 is 4.74 Å². The molecule has 0 spiro atoms. The number of ether oxygens (including phenoxy) is 1. The maximum absolute atomic E-state index is 6.10. The Balaban J connectivity index is 1.63. The van der Waals surface area contributed by atoms with Crippen molar-refractivity contribution in [3.05, 3.63) is 30.3 Å². The maximum Gasteiger partial charge on any atom is 0.0484 e. The van der Waals surface area contributed by atoms with Crippen LogP contribution in [-0.2, 0) is 4.74 Å². The van der Waals surface area contributed by atoms with Gasteiger partial charge in [-0.05, 0) is 25.0 Å². The molecule has 0 bridgehead atoms. The molecule has 2 saturated heterocycles. The predicted octanol–water partition coefficient (Wildman–Crippen LogP) is 1.32. The van der Waals surface area contributed by atoms with Crippen LogP contribution in [0.25, 0.3) is 0 Å². The first-order valence-electron chi connectivity index (χ1n) is 7.67. The number of piperazine rings is 1. The lowest BCUT2D eigenvalue weighted by Crippen LogP contribution is -2.62. The monoisotopic (exact) mass is 275 g/mol. The van der Waals surface area contributed by atoms with Gasteiger partial charge in [0.05, 0.1) is 0 Å². The first-order valence-corrected chi connectivity index (χ1v) is 7.67. The minimum absolute atomic E-state index is 0.182. The van der Waals surface area contributed by atoms with Crippen LogP contribution in [0.3, 0.4) is 0 Å². The smallest absolute Gasteiger partial charge is 0.0484 e. The van der Waals surface area contributed by atoms with Gasteiger partial charge in [-0.2, -0.15) is 0 Å². The summed E-state index contributed by atoms with van der Waals surface area (Å²) < 4.78 is 5.52. The van der Waals surface area contributed by atoms with E-state index in [9.17, 15) is 0 Å². The average Bonchev–Trinajstić information content (AvgIpc) is 2.56. The van der Waals surface area contributed by atoms with Gasteiger partial charge in [0.15, 0.2) is 0 Å². The van der Waals surface area contributed by atoms with Gasteiger partial charge in [-0.3, -0.25) is 4.90 Å². The molecule has 2 N–H and O–H groups in total. The highest BCUT2D eigenvalue weighted by atomic mass is 16.5. The number of hydrogen-bond acceptors (Lipinski definition) is 4. The van der Waals surface area contributed by atoms with E-state index in [4.69, 9.17) is 10.5 Å². The zero-order chi connectivity index (χ0) is 13.8. The fourth-order valence-corrected chi connectivity index (χ4v) is 3.48. The lowest BCUT2D eigenvalue weighted by molar-refractivity contribution is -0.0263. The van der Waals surface area contributed by atoms with E-state index >= 15 is 0 Å². The van der Waals surface area contributed by atoms with Crippen LogP contribution in [0.4, 0.5) is 5.69 Å². The molecule has 3 rings (SSSR count). The van der Waals surface area contributed by atoms with Crippen molar-refractivity contribution in [2.45, 2.75) is 18.4 Å². The third-order valence-electron chi connectivity index (χ3n) is 4.88. The second-order valence-corrected chi connectivity index (χ2v) is 5.85. The summed E-state index contributed by atoms with van der Waals surface area (Å²) >= 11 is 0. The van der Waals surface area contributed by atoms with E-state index in [2.05, 4.69) is 40.1 Å². The van der Waals surface area contributed by atoms with Gasteiger partial charge in [-0.25, -0.2) is 0 Å². The minimum Gasteiger partial charge on any atom is -0.381 e. The van der Waals surface area contributed by atoms with Gasteiger partial charge in [0, 0.05) is 57.2 Å². The Morgan fingerprint density at radius 3 is 2.25 bits per heavy atom. The molecule has 0 saturated carbocycles. The Morgan fingerprint density at radius 1 is 1.00 bits per heavy atom. The van der Waals surface area contributed by atoms with E-state index in [0.717, 1.165) is 58.8 Å². The Labute approximate surface area is 121 Å². The molecule has 2 fully saturated rings. The molecule has 0 amide bonds. The van der Waals surface area contributed by atoms with Crippen LogP contribution in [0.15, 0.2) is 30.3 Å². The lowest BCUT2D eigenvalue weighted by atomic mass is 9.87.